The second-order valence-electron chi connectivity index (χ2n) is 4.37. The number of halogens is 6. The second-order valence-corrected chi connectivity index (χ2v) is 4.37. The van der Waals surface area contributed by atoms with Gasteiger partial charge in [-0.05, 0) is 30.7 Å². The average Bonchev–Trinajstić information content (AvgIpc) is 2.24. The zero-order chi connectivity index (χ0) is 15.0. The summed E-state index contributed by atoms with van der Waals surface area (Å²) in [6.07, 6.45) is -10.8. The number of benzene rings is 1. The molecule has 1 rings (SSSR count). The fraction of sp³-hybridized carbons (Fsp3) is 0.500. The molecular formula is C12H12F6O. The molecule has 0 aromatic heterocycles. The minimum atomic E-state index is -4.87. The van der Waals surface area contributed by atoms with Crippen LogP contribution in [0.5, 0.6) is 0 Å². The maximum Gasteiger partial charge on any atom is 0.416 e. The van der Waals surface area contributed by atoms with Gasteiger partial charge in [-0.25, -0.2) is 0 Å². The quantitative estimate of drug-likeness (QED) is 0.807. The number of hydrogen-bond donors (Lipinski definition) is 1. The van der Waals surface area contributed by atoms with Crippen LogP contribution in [-0.4, -0.2) is 11.2 Å². The summed E-state index contributed by atoms with van der Waals surface area (Å²) >= 11 is 0. The first-order valence-electron chi connectivity index (χ1n) is 5.40. The molecule has 1 aromatic carbocycles. The fourth-order valence-electron chi connectivity index (χ4n) is 1.52. The summed E-state index contributed by atoms with van der Waals surface area (Å²) in [7, 11) is 0. The van der Waals surface area contributed by atoms with Gasteiger partial charge in [0.05, 0.1) is 17.2 Å². The average molecular weight is 286 g/mol. The molecule has 7 heteroatoms. The van der Waals surface area contributed by atoms with Gasteiger partial charge in [0.1, 0.15) is 0 Å². The summed E-state index contributed by atoms with van der Waals surface area (Å²) in [6.45, 7) is 2.67. The summed E-state index contributed by atoms with van der Waals surface area (Å²) in [4.78, 5) is 0. The first kappa shape index (κ1) is 15.8. The smallest absolute Gasteiger partial charge is 0.393 e. The molecule has 0 fully saturated rings. The maximum absolute atomic E-state index is 12.6. The molecule has 0 saturated carbocycles. The number of aliphatic hydroxyl groups excluding tert-OH is 1. The molecule has 2 unspecified atom stereocenters. The van der Waals surface area contributed by atoms with Crippen molar-refractivity contribution in [3.63, 3.8) is 0 Å². The molecule has 19 heavy (non-hydrogen) atoms. The molecule has 1 aromatic rings. The van der Waals surface area contributed by atoms with E-state index in [1.807, 2.05) is 0 Å². The Morgan fingerprint density at radius 1 is 0.842 bits per heavy atom. The summed E-state index contributed by atoms with van der Waals surface area (Å²) in [5.41, 5.74) is -2.94. The van der Waals surface area contributed by atoms with E-state index in [4.69, 9.17) is 0 Å². The third-order valence-electron chi connectivity index (χ3n) is 2.86. The fourth-order valence-corrected chi connectivity index (χ4v) is 1.52. The van der Waals surface area contributed by atoms with Crippen molar-refractivity contribution in [2.24, 2.45) is 0 Å². The van der Waals surface area contributed by atoms with Crippen LogP contribution in [0.3, 0.4) is 0 Å². The van der Waals surface area contributed by atoms with E-state index in [9.17, 15) is 31.4 Å². The van der Waals surface area contributed by atoms with Crippen molar-refractivity contribution in [1.82, 2.24) is 0 Å². The third-order valence-corrected chi connectivity index (χ3v) is 2.86. The van der Waals surface area contributed by atoms with E-state index < -0.39 is 35.5 Å². The topological polar surface area (TPSA) is 20.2 Å². The zero-order valence-corrected chi connectivity index (χ0v) is 10.1. The molecule has 0 aliphatic heterocycles. The third kappa shape index (κ3) is 3.86. The van der Waals surface area contributed by atoms with E-state index >= 15 is 0 Å². The first-order valence-corrected chi connectivity index (χ1v) is 5.40. The van der Waals surface area contributed by atoms with E-state index in [-0.39, 0.29) is 11.6 Å². The molecule has 1 nitrogen and oxygen atoms in total. The van der Waals surface area contributed by atoms with Gasteiger partial charge in [0, 0.05) is 5.92 Å². The van der Waals surface area contributed by atoms with Gasteiger partial charge in [0.25, 0.3) is 0 Å². The molecule has 2 atom stereocenters. The van der Waals surface area contributed by atoms with Crippen LogP contribution in [0, 0.1) is 0 Å². The van der Waals surface area contributed by atoms with Crippen LogP contribution in [0.4, 0.5) is 26.3 Å². The monoisotopic (exact) mass is 286 g/mol. The van der Waals surface area contributed by atoms with Gasteiger partial charge < -0.3 is 5.11 Å². The predicted molar refractivity (Wildman–Crippen MR) is 56.5 cm³/mol. The summed E-state index contributed by atoms with van der Waals surface area (Å²) in [6, 6.07) is 1.33. The van der Waals surface area contributed by atoms with Crippen molar-refractivity contribution in [2.45, 2.75) is 38.2 Å². The van der Waals surface area contributed by atoms with Crippen LogP contribution < -0.4 is 0 Å². The number of aliphatic hydroxyl groups is 1. The molecule has 1 N–H and O–H groups in total. The van der Waals surface area contributed by atoms with Crippen LogP contribution in [-0.2, 0) is 12.4 Å². The lowest BCUT2D eigenvalue weighted by Crippen LogP contribution is -2.16. The standard InChI is InChI=1S/C12H12F6O/c1-6(7(2)19)8-3-9(11(13,14)15)5-10(4-8)12(16,17)18/h3-7,19H,1-2H3. The first-order chi connectivity index (χ1) is 8.43. The number of alkyl halides is 6. The lowest BCUT2D eigenvalue weighted by atomic mass is 9.92. The Balaban J connectivity index is 3.41. The molecule has 0 aliphatic carbocycles. The van der Waals surface area contributed by atoms with E-state index in [0.29, 0.717) is 12.1 Å². The van der Waals surface area contributed by atoms with Crippen LogP contribution in [0.2, 0.25) is 0 Å². The van der Waals surface area contributed by atoms with E-state index in [1.165, 1.54) is 13.8 Å². The molecule has 0 amide bonds. The molecule has 0 aliphatic rings. The highest BCUT2D eigenvalue weighted by Gasteiger charge is 2.37. The highest BCUT2D eigenvalue weighted by Crippen LogP contribution is 2.38. The zero-order valence-electron chi connectivity index (χ0n) is 10.1. The summed E-state index contributed by atoms with van der Waals surface area (Å²) in [5, 5.41) is 9.30. The summed E-state index contributed by atoms with van der Waals surface area (Å²) in [5.74, 6) is -0.830. The van der Waals surface area contributed by atoms with Gasteiger partial charge in [-0.3, -0.25) is 0 Å². The van der Waals surface area contributed by atoms with E-state index in [0.717, 1.165) is 0 Å². The predicted octanol–water partition coefficient (Wildman–Crippen LogP) is 4.21. The van der Waals surface area contributed by atoms with Gasteiger partial charge in [0.2, 0.25) is 0 Å². The molecule has 0 spiro atoms. The lowest BCUT2D eigenvalue weighted by molar-refractivity contribution is -0.143. The maximum atomic E-state index is 12.6. The number of hydrogen-bond acceptors (Lipinski definition) is 1. The van der Waals surface area contributed by atoms with Crippen molar-refractivity contribution in [3.8, 4) is 0 Å². The van der Waals surface area contributed by atoms with Gasteiger partial charge in [-0.2, -0.15) is 26.3 Å². The Labute approximate surface area is 105 Å². The van der Waals surface area contributed by atoms with Gasteiger partial charge in [0.15, 0.2) is 0 Å². The van der Waals surface area contributed by atoms with Crippen LogP contribution in [0.25, 0.3) is 0 Å². The molecule has 0 heterocycles. The normalized spacial score (nSPS) is 16.3. The van der Waals surface area contributed by atoms with E-state index in [1.54, 1.807) is 0 Å². The van der Waals surface area contributed by atoms with Crippen molar-refractivity contribution >= 4 is 0 Å². The van der Waals surface area contributed by atoms with Crippen LogP contribution in [0.15, 0.2) is 18.2 Å². The number of rotatable bonds is 2. The van der Waals surface area contributed by atoms with Crippen molar-refractivity contribution in [3.05, 3.63) is 34.9 Å². The summed E-state index contributed by atoms with van der Waals surface area (Å²) < 4.78 is 75.4. The molecule has 0 radical (unpaired) electrons. The molecule has 0 saturated heterocycles. The van der Waals surface area contributed by atoms with Gasteiger partial charge in [-0.15, -0.1) is 0 Å². The Hall–Kier alpha value is -1.24. The minimum absolute atomic E-state index is 0.0677. The molecule has 0 bridgehead atoms. The Kier molecular flexibility index (Phi) is 4.19. The van der Waals surface area contributed by atoms with Crippen molar-refractivity contribution < 1.29 is 31.4 Å². The molecule has 108 valence electrons. The largest absolute Gasteiger partial charge is 0.416 e. The Bertz CT molecular complexity index is 414. The SMILES string of the molecule is CC(O)C(C)c1cc(C(F)(F)F)cc(C(F)(F)F)c1. The minimum Gasteiger partial charge on any atom is -0.393 e. The Morgan fingerprint density at radius 2 is 1.21 bits per heavy atom. The lowest BCUT2D eigenvalue weighted by Gasteiger charge is -2.19. The van der Waals surface area contributed by atoms with Gasteiger partial charge in [-0.1, -0.05) is 6.92 Å². The Morgan fingerprint density at radius 3 is 1.47 bits per heavy atom. The van der Waals surface area contributed by atoms with Gasteiger partial charge >= 0.3 is 12.4 Å². The second kappa shape index (κ2) is 5.03. The van der Waals surface area contributed by atoms with Crippen molar-refractivity contribution in [1.29, 1.82) is 0 Å². The highest BCUT2D eigenvalue weighted by atomic mass is 19.4. The highest BCUT2D eigenvalue weighted by molar-refractivity contribution is 5.35. The van der Waals surface area contributed by atoms with E-state index in [2.05, 4.69) is 0 Å². The van der Waals surface area contributed by atoms with Crippen LogP contribution >= 0.6 is 0 Å². The van der Waals surface area contributed by atoms with Crippen molar-refractivity contribution in [2.75, 3.05) is 0 Å². The molecular weight excluding hydrogens is 274 g/mol. The van der Waals surface area contributed by atoms with Crippen LogP contribution in [0.1, 0.15) is 36.5 Å².